The maximum atomic E-state index is 11.5. The zero-order valence-electron chi connectivity index (χ0n) is 17.4. The lowest BCUT2D eigenvalue weighted by Gasteiger charge is -2.25. The predicted molar refractivity (Wildman–Crippen MR) is 117 cm³/mol. The molecule has 4 N–H and O–H groups in total. The Bertz CT molecular complexity index is 1040. The molecule has 4 rings (SSSR count). The van der Waals surface area contributed by atoms with Gasteiger partial charge in [0.05, 0.1) is 6.61 Å². The maximum absolute atomic E-state index is 11.5. The van der Waals surface area contributed by atoms with Gasteiger partial charge in [-0.05, 0) is 44.2 Å². The molecule has 7 heteroatoms. The lowest BCUT2D eigenvalue weighted by atomic mass is 9.81. The van der Waals surface area contributed by atoms with E-state index >= 15 is 0 Å². The topological polar surface area (TPSA) is 109 Å². The molecule has 1 aliphatic carbocycles. The summed E-state index contributed by atoms with van der Waals surface area (Å²) < 4.78 is 7.94. The Morgan fingerprint density at radius 3 is 2.80 bits per heavy atom. The number of anilines is 1. The van der Waals surface area contributed by atoms with Gasteiger partial charge in [-0.15, -0.1) is 0 Å². The van der Waals surface area contributed by atoms with Crippen LogP contribution < -0.4 is 16.2 Å². The van der Waals surface area contributed by atoms with Gasteiger partial charge < -0.3 is 16.2 Å². The highest BCUT2D eigenvalue weighted by molar-refractivity contribution is 5.85. The van der Waals surface area contributed by atoms with Crippen LogP contribution in [0.2, 0.25) is 0 Å². The molecule has 0 bridgehead atoms. The number of carbonyl (C=O) groups excluding carboxylic acids is 1. The van der Waals surface area contributed by atoms with Crippen molar-refractivity contribution in [2.24, 2.45) is 11.7 Å². The largest absolute Gasteiger partial charge is 0.494 e. The number of benzene rings is 1. The molecular weight excluding hydrogens is 378 g/mol. The quantitative estimate of drug-likeness (QED) is 0.577. The summed E-state index contributed by atoms with van der Waals surface area (Å²) in [6, 6.07) is 7.98. The Morgan fingerprint density at radius 1 is 1.27 bits per heavy atom. The van der Waals surface area contributed by atoms with E-state index in [1.54, 1.807) is 6.20 Å². The summed E-state index contributed by atoms with van der Waals surface area (Å²) in [6.07, 6.45) is 9.09. The van der Waals surface area contributed by atoms with Crippen LogP contribution in [0.4, 0.5) is 5.82 Å². The van der Waals surface area contributed by atoms with Crippen molar-refractivity contribution < 1.29 is 9.53 Å². The third-order valence-electron chi connectivity index (χ3n) is 5.98. The number of amides is 1. The van der Waals surface area contributed by atoms with E-state index < -0.39 is 0 Å². The zero-order chi connectivity index (χ0) is 21.1. The second-order valence-electron chi connectivity index (χ2n) is 8.03. The van der Waals surface area contributed by atoms with E-state index in [1.165, 1.54) is 0 Å². The van der Waals surface area contributed by atoms with Gasteiger partial charge in [0, 0.05) is 29.8 Å². The fourth-order valence-electron chi connectivity index (χ4n) is 4.28. The highest BCUT2D eigenvalue weighted by Gasteiger charge is 2.29. The number of hydrogen-bond donors (Lipinski definition) is 2. The number of hydrogen-bond acceptors (Lipinski definition) is 5. The second kappa shape index (κ2) is 8.73. The van der Waals surface area contributed by atoms with Crippen LogP contribution in [-0.4, -0.2) is 26.9 Å². The summed E-state index contributed by atoms with van der Waals surface area (Å²) in [5, 5.41) is 0. The zero-order valence-corrected chi connectivity index (χ0v) is 17.4. The first-order valence-corrected chi connectivity index (χ1v) is 10.7. The van der Waals surface area contributed by atoms with Gasteiger partial charge >= 0.3 is 0 Å². The van der Waals surface area contributed by atoms with Crippen molar-refractivity contribution in [2.75, 3.05) is 12.3 Å². The molecule has 30 heavy (non-hydrogen) atoms. The molecule has 0 aliphatic heterocycles. The van der Waals surface area contributed by atoms with Crippen molar-refractivity contribution in [3.05, 3.63) is 42.5 Å². The highest BCUT2D eigenvalue weighted by Crippen LogP contribution is 2.38. The van der Waals surface area contributed by atoms with Gasteiger partial charge in [0.25, 0.3) is 0 Å². The molecule has 1 aromatic carbocycles. The van der Waals surface area contributed by atoms with Crippen molar-refractivity contribution in [3.63, 3.8) is 0 Å². The second-order valence-corrected chi connectivity index (χ2v) is 8.03. The summed E-state index contributed by atoms with van der Waals surface area (Å²) in [5.74, 6) is 2.27. The Kier molecular flexibility index (Phi) is 5.88. The number of imidazole rings is 1. The Labute approximate surface area is 176 Å². The molecule has 0 unspecified atom stereocenters. The van der Waals surface area contributed by atoms with Gasteiger partial charge in [-0.3, -0.25) is 9.20 Å². The number of rotatable bonds is 7. The Hall–Kier alpha value is -3.09. The minimum Gasteiger partial charge on any atom is -0.494 e. The van der Waals surface area contributed by atoms with E-state index in [9.17, 15) is 4.79 Å². The molecule has 3 aromatic rings. The first-order chi connectivity index (χ1) is 14.6. The van der Waals surface area contributed by atoms with E-state index in [-0.39, 0.29) is 17.7 Å². The van der Waals surface area contributed by atoms with E-state index in [1.807, 2.05) is 30.5 Å². The third-order valence-corrected chi connectivity index (χ3v) is 5.98. The summed E-state index contributed by atoms with van der Waals surface area (Å²) in [5.41, 5.74) is 14.4. The molecule has 158 valence electrons. The van der Waals surface area contributed by atoms with E-state index in [4.69, 9.17) is 21.2 Å². The number of nitrogens with zero attached hydrogens (tertiary/aromatic N) is 3. The molecule has 7 nitrogen and oxygen atoms in total. The maximum Gasteiger partial charge on any atom is 0.220 e. The lowest BCUT2D eigenvalue weighted by molar-refractivity contribution is -0.122. The van der Waals surface area contributed by atoms with Crippen LogP contribution in [0.1, 0.15) is 57.2 Å². The average molecular weight is 408 g/mol. The van der Waals surface area contributed by atoms with Gasteiger partial charge in [0.2, 0.25) is 5.91 Å². The number of aromatic nitrogens is 3. The number of ether oxygens (including phenoxy) is 1. The van der Waals surface area contributed by atoms with Crippen LogP contribution in [0.15, 0.2) is 36.7 Å². The molecule has 2 aromatic heterocycles. The first kappa shape index (κ1) is 20.2. The molecule has 2 heterocycles. The van der Waals surface area contributed by atoms with Crippen molar-refractivity contribution in [2.45, 2.75) is 51.4 Å². The van der Waals surface area contributed by atoms with Crippen LogP contribution in [0.3, 0.4) is 0 Å². The highest BCUT2D eigenvalue weighted by atomic mass is 16.5. The number of carbonyl (C=O) groups is 1. The molecule has 0 saturated heterocycles. The smallest absolute Gasteiger partial charge is 0.220 e. The fraction of sp³-hybridized carbons (Fsp3) is 0.435. The van der Waals surface area contributed by atoms with Gasteiger partial charge in [-0.2, -0.15) is 0 Å². The summed E-state index contributed by atoms with van der Waals surface area (Å²) in [7, 11) is 0. The van der Waals surface area contributed by atoms with E-state index in [0.29, 0.717) is 12.4 Å². The average Bonchev–Trinajstić information content (AvgIpc) is 3.15. The number of nitrogen functional groups attached to an aromatic ring is 1. The SMILES string of the molecule is CCCCOc1cccc(-c2nc(C3CCC(C(N)=O)CC3)n3ccnc(N)c23)c1. The monoisotopic (exact) mass is 407 g/mol. The fourth-order valence-corrected chi connectivity index (χ4v) is 4.28. The van der Waals surface area contributed by atoms with E-state index in [0.717, 1.165) is 66.9 Å². The summed E-state index contributed by atoms with van der Waals surface area (Å²) >= 11 is 0. The molecule has 0 radical (unpaired) electrons. The summed E-state index contributed by atoms with van der Waals surface area (Å²) in [4.78, 5) is 20.9. The van der Waals surface area contributed by atoms with Crippen LogP contribution in [0, 0.1) is 5.92 Å². The lowest BCUT2D eigenvalue weighted by Crippen LogP contribution is -2.27. The third kappa shape index (κ3) is 3.97. The van der Waals surface area contributed by atoms with Crippen molar-refractivity contribution >= 4 is 17.2 Å². The van der Waals surface area contributed by atoms with Crippen molar-refractivity contribution in [3.8, 4) is 17.0 Å². The van der Waals surface area contributed by atoms with Crippen LogP contribution in [0.25, 0.3) is 16.8 Å². The van der Waals surface area contributed by atoms with E-state index in [2.05, 4.69) is 16.3 Å². The van der Waals surface area contributed by atoms with Gasteiger partial charge in [0.1, 0.15) is 28.6 Å². The molecule has 0 atom stereocenters. The Morgan fingerprint density at radius 2 is 2.07 bits per heavy atom. The number of unbranched alkanes of at least 4 members (excludes halogenated alkanes) is 1. The van der Waals surface area contributed by atoms with Gasteiger partial charge in [-0.25, -0.2) is 9.97 Å². The molecule has 0 spiro atoms. The van der Waals surface area contributed by atoms with Gasteiger partial charge in [0.15, 0.2) is 0 Å². The number of fused-ring (bicyclic) bond motifs is 1. The standard InChI is InChI=1S/C23H29N5O2/c1-2-3-13-30-18-6-4-5-17(14-18)19-20-21(24)26-11-12-28(20)23(27-19)16-9-7-15(8-10-16)22(25)29/h4-6,11-12,14-16H,2-3,7-10,13H2,1H3,(H2,24,26)(H2,25,29). The van der Waals surface area contributed by atoms with Crippen molar-refractivity contribution in [1.29, 1.82) is 0 Å². The molecular formula is C23H29N5O2. The minimum absolute atomic E-state index is 0.0318. The summed E-state index contributed by atoms with van der Waals surface area (Å²) in [6.45, 7) is 2.84. The molecule has 1 aliphatic rings. The van der Waals surface area contributed by atoms with Gasteiger partial charge in [-0.1, -0.05) is 25.5 Å². The van der Waals surface area contributed by atoms with Crippen LogP contribution in [0.5, 0.6) is 5.75 Å². The minimum atomic E-state index is -0.199. The number of nitrogens with two attached hydrogens (primary N) is 2. The normalized spacial score (nSPS) is 19.1. The first-order valence-electron chi connectivity index (χ1n) is 10.7. The van der Waals surface area contributed by atoms with Crippen LogP contribution in [-0.2, 0) is 4.79 Å². The predicted octanol–water partition coefficient (Wildman–Crippen LogP) is 3.92. The van der Waals surface area contributed by atoms with Crippen molar-refractivity contribution in [1.82, 2.24) is 14.4 Å². The number of primary amides is 1. The Balaban J connectivity index is 1.70. The molecule has 1 fully saturated rings. The molecule has 1 amide bonds. The van der Waals surface area contributed by atoms with Crippen LogP contribution >= 0.6 is 0 Å². The molecule has 1 saturated carbocycles.